The highest BCUT2D eigenvalue weighted by molar-refractivity contribution is 6.21. The molecule has 0 bridgehead atoms. The van der Waals surface area contributed by atoms with Crippen molar-refractivity contribution in [1.82, 2.24) is 19.5 Å². The van der Waals surface area contributed by atoms with Crippen LogP contribution in [-0.4, -0.2) is 19.5 Å². The van der Waals surface area contributed by atoms with Gasteiger partial charge in [0.25, 0.3) is 0 Å². The third kappa shape index (κ3) is 5.16. The van der Waals surface area contributed by atoms with Crippen LogP contribution in [0.15, 0.2) is 206 Å². The molecule has 1 aliphatic carbocycles. The third-order valence-corrected chi connectivity index (χ3v) is 12.5. The van der Waals surface area contributed by atoms with Gasteiger partial charge in [0.2, 0.25) is 0 Å². The summed E-state index contributed by atoms with van der Waals surface area (Å²) in [5.41, 5.74) is 13.8. The van der Waals surface area contributed by atoms with Crippen LogP contribution in [-0.2, 0) is 0 Å². The minimum atomic E-state index is 0.643. The molecule has 4 heteroatoms. The Kier molecular flexibility index (Phi) is 7.27. The first-order valence-electron chi connectivity index (χ1n) is 20.8. The van der Waals surface area contributed by atoms with Crippen molar-refractivity contribution >= 4 is 54.1 Å². The minimum absolute atomic E-state index is 0.643. The summed E-state index contributed by atoms with van der Waals surface area (Å²) in [4.78, 5) is 15.3. The molecule has 61 heavy (non-hydrogen) atoms. The van der Waals surface area contributed by atoms with E-state index in [1.54, 1.807) is 0 Å². The molecular weight excluding hydrogens is 741 g/mol. The Hall–Kier alpha value is -8.21. The van der Waals surface area contributed by atoms with E-state index in [9.17, 15) is 0 Å². The van der Waals surface area contributed by atoms with Crippen LogP contribution < -0.4 is 0 Å². The lowest BCUT2D eigenvalue weighted by Gasteiger charge is -2.19. The zero-order chi connectivity index (χ0) is 40.0. The number of rotatable bonds is 5. The van der Waals surface area contributed by atoms with Gasteiger partial charge >= 0.3 is 0 Å². The van der Waals surface area contributed by atoms with E-state index in [2.05, 4.69) is 174 Å². The van der Waals surface area contributed by atoms with Gasteiger partial charge in [-0.1, -0.05) is 170 Å². The Morgan fingerprint density at radius 3 is 1.52 bits per heavy atom. The highest BCUT2D eigenvalue weighted by atomic mass is 15.0. The quantitative estimate of drug-likeness (QED) is 0.175. The minimum Gasteiger partial charge on any atom is -0.309 e. The van der Waals surface area contributed by atoms with Gasteiger partial charge in [-0.2, -0.15) is 0 Å². The summed E-state index contributed by atoms with van der Waals surface area (Å²) in [7, 11) is 0. The van der Waals surface area contributed by atoms with Crippen LogP contribution in [0.1, 0.15) is 0 Å². The Morgan fingerprint density at radius 1 is 0.295 bits per heavy atom. The molecule has 13 rings (SSSR count). The smallest absolute Gasteiger partial charge is 0.164 e. The van der Waals surface area contributed by atoms with Gasteiger partial charge in [-0.3, -0.25) is 0 Å². The first-order valence-corrected chi connectivity index (χ1v) is 20.8. The second-order valence-electron chi connectivity index (χ2n) is 15.9. The van der Waals surface area contributed by atoms with Crippen molar-refractivity contribution in [3.05, 3.63) is 206 Å². The average Bonchev–Trinajstić information content (AvgIpc) is 3.83. The van der Waals surface area contributed by atoms with E-state index in [0.717, 1.165) is 38.7 Å². The van der Waals surface area contributed by atoms with Crippen molar-refractivity contribution in [2.24, 2.45) is 0 Å². The Bertz CT molecular complexity index is 3690. The van der Waals surface area contributed by atoms with Crippen LogP contribution in [0.5, 0.6) is 0 Å². The number of fused-ring (bicyclic) bond motifs is 8. The fourth-order valence-corrected chi connectivity index (χ4v) is 9.84. The third-order valence-electron chi connectivity index (χ3n) is 12.5. The molecule has 2 aromatic heterocycles. The summed E-state index contributed by atoms with van der Waals surface area (Å²) in [6.45, 7) is 0. The van der Waals surface area contributed by atoms with Crippen molar-refractivity contribution in [2.75, 3.05) is 0 Å². The van der Waals surface area contributed by atoms with Crippen molar-refractivity contribution in [1.29, 1.82) is 0 Å². The van der Waals surface area contributed by atoms with E-state index >= 15 is 0 Å². The van der Waals surface area contributed by atoms with Crippen LogP contribution in [0.3, 0.4) is 0 Å². The predicted octanol–water partition coefficient (Wildman–Crippen LogP) is 14.7. The fourth-order valence-electron chi connectivity index (χ4n) is 9.84. The highest BCUT2D eigenvalue weighted by Crippen LogP contribution is 2.53. The molecule has 0 saturated heterocycles. The monoisotopic (exact) mass is 774 g/mol. The molecule has 0 N–H and O–H groups in total. The van der Waals surface area contributed by atoms with Gasteiger partial charge in [0.15, 0.2) is 17.5 Å². The molecule has 4 nitrogen and oxygen atoms in total. The molecule has 0 atom stereocenters. The summed E-state index contributed by atoms with van der Waals surface area (Å²) in [5.74, 6) is 1.94. The van der Waals surface area contributed by atoms with Gasteiger partial charge in [-0.05, 0) is 102 Å². The number of nitrogens with zero attached hydrogens (tertiary/aromatic N) is 4. The number of hydrogen-bond acceptors (Lipinski definition) is 3. The van der Waals surface area contributed by atoms with Crippen molar-refractivity contribution in [3.63, 3.8) is 0 Å². The zero-order valence-corrected chi connectivity index (χ0v) is 32.9. The van der Waals surface area contributed by atoms with Gasteiger partial charge in [-0.15, -0.1) is 0 Å². The molecule has 0 saturated carbocycles. The zero-order valence-electron chi connectivity index (χ0n) is 32.9. The van der Waals surface area contributed by atoms with Gasteiger partial charge in [0, 0.05) is 33.2 Å². The maximum Gasteiger partial charge on any atom is 0.164 e. The van der Waals surface area contributed by atoms with Gasteiger partial charge in [-0.25, -0.2) is 15.0 Å². The summed E-state index contributed by atoms with van der Waals surface area (Å²) in [6, 6.07) is 74.1. The van der Waals surface area contributed by atoms with Crippen molar-refractivity contribution in [3.8, 4) is 73.2 Å². The maximum absolute atomic E-state index is 5.16. The first kappa shape index (κ1) is 33.7. The molecule has 0 amide bonds. The van der Waals surface area contributed by atoms with E-state index in [1.165, 1.54) is 71.2 Å². The van der Waals surface area contributed by atoms with Crippen molar-refractivity contribution in [2.45, 2.75) is 0 Å². The lowest BCUT2D eigenvalue weighted by atomic mass is 9.88. The largest absolute Gasteiger partial charge is 0.309 e. The van der Waals surface area contributed by atoms with E-state index in [4.69, 9.17) is 15.0 Å². The van der Waals surface area contributed by atoms with Crippen LogP contribution in [0, 0.1) is 0 Å². The van der Waals surface area contributed by atoms with E-state index < -0.39 is 0 Å². The second kappa shape index (κ2) is 13.2. The first-order chi connectivity index (χ1) is 30.2. The molecule has 0 fully saturated rings. The SMILES string of the molecule is c1ccc(-c2nc(-c3ccccc3)nc(-c3ccc(-c4cc(-n5c6ccccc6c6cc7ccccc7cc65)cc5c4-c4cccc6cccc-5c46)c4ccccc34)n2)cc1. The average molecular weight is 775 g/mol. The summed E-state index contributed by atoms with van der Waals surface area (Å²) >= 11 is 0. The summed E-state index contributed by atoms with van der Waals surface area (Å²) in [5, 5.41) is 9.74. The van der Waals surface area contributed by atoms with Gasteiger partial charge < -0.3 is 4.57 Å². The Morgan fingerprint density at radius 2 is 0.820 bits per heavy atom. The standard InChI is InChI=1S/C57H34N4/c1-3-15-36(16-4-1)55-58-56(37-17-5-2-6-18-37)60-57(59-55)46-30-29-43(41-23-9-10-24-42(41)46)49-33-40(34-50-45-26-13-21-35-22-14-27-47(53(35)45)54(49)50)61-51-28-12-11-25-44(51)48-31-38-19-7-8-20-39(38)32-52(48)61/h1-34H. The molecule has 0 unspecified atom stereocenters. The maximum atomic E-state index is 5.16. The molecule has 0 spiro atoms. The number of benzene rings is 10. The molecule has 1 aliphatic rings. The lowest BCUT2D eigenvalue weighted by molar-refractivity contribution is 1.08. The second-order valence-corrected chi connectivity index (χ2v) is 15.9. The molecule has 282 valence electrons. The van der Waals surface area contributed by atoms with Crippen molar-refractivity contribution < 1.29 is 0 Å². The number of aromatic nitrogens is 4. The van der Waals surface area contributed by atoms with Crippen LogP contribution in [0.2, 0.25) is 0 Å². The van der Waals surface area contributed by atoms with Gasteiger partial charge in [0.1, 0.15) is 0 Å². The highest BCUT2D eigenvalue weighted by Gasteiger charge is 2.28. The molecule has 2 heterocycles. The van der Waals surface area contributed by atoms with E-state index in [0.29, 0.717) is 17.5 Å². The van der Waals surface area contributed by atoms with E-state index in [1.807, 2.05) is 36.4 Å². The van der Waals surface area contributed by atoms with E-state index in [-0.39, 0.29) is 0 Å². The molecule has 10 aromatic carbocycles. The Balaban J connectivity index is 1.10. The number of para-hydroxylation sites is 1. The summed E-state index contributed by atoms with van der Waals surface area (Å²) < 4.78 is 2.47. The normalized spacial score (nSPS) is 11.9. The fraction of sp³-hybridized carbons (Fsp3) is 0. The molecule has 0 aliphatic heterocycles. The van der Waals surface area contributed by atoms with Crippen LogP contribution in [0.4, 0.5) is 0 Å². The summed E-state index contributed by atoms with van der Waals surface area (Å²) in [6.07, 6.45) is 0. The lowest BCUT2D eigenvalue weighted by Crippen LogP contribution is -2.01. The molecular formula is C57H34N4. The Labute approximate surface area is 351 Å². The molecule has 12 aromatic rings. The van der Waals surface area contributed by atoms with Crippen LogP contribution >= 0.6 is 0 Å². The van der Waals surface area contributed by atoms with Gasteiger partial charge in [0.05, 0.1) is 11.0 Å². The topological polar surface area (TPSA) is 43.6 Å². The van der Waals surface area contributed by atoms with Crippen LogP contribution in [0.25, 0.3) is 127 Å². The molecule has 0 radical (unpaired) electrons. The predicted molar refractivity (Wildman–Crippen MR) is 253 cm³/mol. The number of hydrogen-bond donors (Lipinski definition) is 0.